The van der Waals surface area contributed by atoms with Gasteiger partial charge in [-0.1, -0.05) is 13.8 Å². The maximum atomic E-state index is 5.46. The highest BCUT2D eigenvalue weighted by molar-refractivity contribution is 5.10. The van der Waals surface area contributed by atoms with Crippen LogP contribution in [0.1, 0.15) is 40.5 Å². The SMILES string of the molecule is CCCOCC(C)=C(C)COCCC. The van der Waals surface area contributed by atoms with Gasteiger partial charge in [-0.3, -0.25) is 0 Å². The van der Waals surface area contributed by atoms with E-state index in [4.69, 9.17) is 9.47 Å². The monoisotopic (exact) mass is 200 g/mol. The van der Waals surface area contributed by atoms with Crippen molar-refractivity contribution in [2.75, 3.05) is 26.4 Å². The van der Waals surface area contributed by atoms with Crippen LogP contribution in [0.2, 0.25) is 0 Å². The van der Waals surface area contributed by atoms with E-state index in [-0.39, 0.29) is 0 Å². The molecule has 0 radical (unpaired) electrons. The molecular formula is C12H24O2. The van der Waals surface area contributed by atoms with E-state index in [0.717, 1.165) is 39.3 Å². The van der Waals surface area contributed by atoms with Gasteiger partial charge in [0.2, 0.25) is 0 Å². The first-order valence-electron chi connectivity index (χ1n) is 5.53. The summed E-state index contributed by atoms with van der Waals surface area (Å²) in [6.07, 6.45) is 2.16. The van der Waals surface area contributed by atoms with E-state index in [1.165, 1.54) is 11.1 Å². The van der Waals surface area contributed by atoms with E-state index in [1.807, 2.05) is 0 Å². The minimum atomic E-state index is 0.745. The Morgan fingerprint density at radius 1 is 0.786 bits per heavy atom. The normalized spacial score (nSPS) is 12.9. The Kier molecular flexibility index (Phi) is 9.00. The van der Waals surface area contributed by atoms with Crippen molar-refractivity contribution in [1.82, 2.24) is 0 Å². The van der Waals surface area contributed by atoms with Crippen LogP contribution < -0.4 is 0 Å². The average molecular weight is 200 g/mol. The molecule has 0 aromatic rings. The van der Waals surface area contributed by atoms with E-state index in [9.17, 15) is 0 Å². The first kappa shape index (κ1) is 13.7. The summed E-state index contributed by atoms with van der Waals surface area (Å²) in [5.41, 5.74) is 2.60. The molecule has 0 aliphatic rings. The second kappa shape index (κ2) is 9.22. The van der Waals surface area contributed by atoms with Crippen molar-refractivity contribution >= 4 is 0 Å². The fourth-order valence-corrected chi connectivity index (χ4v) is 0.986. The number of rotatable bonds is 8. The Morgan fingerprint density at radius 3 is 1.43 bits per heavy atom. The fourth-order valence-electron chi connectivity index (χ4n) is 0.986. The Hall–Kier alpha value is -0.340. The van der Waals surface area contributed by atoms with Crippen molar-refractivity contribution in [2.24, 2.45) is 0 Å². The largest absolute Gasteiger partial charge is 0.377 e. The van der Waals surface area contributed by atoms with Crippen molar-refractivity contribution in [3.8, 4) is 0 Å². The molecule has 0 aromatic carbocycles. The van der Waals surface area contributed by atoms with Crippen LogP contribution in [0, 0.1) is 0 Å². The van der Waals surface area contributed by atoms with Gasteiger partial charge < -0.3 is 9.47 Å². The Balaban J connectivity index is 3.66. The van der Waals surface area contributed by atoms with Gasteiger partial charge in [0.25, 0.3) is 0 Å². The van der Waals surface area contributed by atoms with Gasteiger partial charge in [-0.25, -0.2) is 0 Å². The van der Waals surface area contributed by atoms with Gasteiger partial charge in [0.1, 0.15) is 0 Å². The summed E-state index contributed by atoms with van der Waals surface area (Å²) in [4.78, 5) is 0. The van der Waals surface area contributed by atoms with Crippen LogP contribution in [0.5, 0.6) is 0 Å². The molecule has 2 heteroatoms. The molecule has 0 heterocycles. The fraction of sp³-hybridized carbons (Fsp3) is 0.833. The van der Waals surface area contributed by atoms with Crippen LogP contribution in [0.15, 0.2) is 11.1 Å². The first-order chi connectivity index (χ1) is 6.72. The first-order valence-corrected chi connectivity index (χ1v) is 5.53. The molecular weight excluding hydrogens is 176 g/mol. The molecule has 0 N–H and O–H groups in total. The van der Waals surface area contributed by atoms with Gasteiger partial charge in [0, 0.05) is 13.2 Å². The molecule has 84 valence electrons. The lowest BCUT2D eigenvalue weighted by Crippen LogP contribution is -2.03. The van der Waals surface area contributed by atoms with Crippen molar-refractivity contribution in [2.45, 2.75) is 40.5 Å². The zero-order chi connectivity index (χ0) is 10.8. The van der Waals surface area contributed by atoms with Gasteiger partial charge >= 0.3 is 0 Å². The molecule has 0 bridgehead atoms. The van der Waals surface area contributed by atoms with Crippen LogP contribution in [0.25, 0.3) is 0 Å². The molecule has 0 amide bonds. The van der Waals surface area contributed by atoms with Crippen LogP contribution >= 0.6 is 0 Å². The van der Waals surface area contributed by atoms with Crippen LogP contribution in [0.4, 0.5) is 0 Å². The maximum Gasteiger partial charge on any atom is 0.0677 e. The van der Waals surface area contributed by atoms with Gasteiger partial charge in [-0.15, -0.1) is 0 Å². The molecule has 14 heavy (non-hydrogen) atoms. The number of hydrogen-bond acceptors (Lipinski definition) is 2. The molecule has 0 spiro atoms. The van der Waals surface area contributed by atoms with E-state index in [2.05, 4.69) is 27.7 Å². The minimum Gasteiger partial charge on any atom is -0.377 e. The van der Waals surface area contributed by atoms with Gasteiger partial charge in [-0.2, -0.15) is 0 Å². The third-order valence-corrected chi connectivity index (χ3v) is 2.06. The van der Waals surface area contributed by atoms with E-state index in [0.29, 0.717) is 0 Å². The highest BCUT2D eigenvalue weighted by atomic mass is 16.5. The summed E-state index contributed by atoms with van der Waals surface area (Å²) < 4.78 is 10.9. The molecule has 0 atom stereocenters. The van der Waals surface area contributed by atoms with E-state index in [1.54, 1.807) is 0 Å². The predicted octanol–water partition coefficient (Wildman–Crippen LogP) is 3.18. The molecule has 0 rings (SSSR count). The molecule has 2 nitrogen and oxygen atoms in total. The van der Waals surface area contributed by atoms with Crippen molar-refractivity contribution in [1.29, 1.82) is 0 Å². The Bertz CT molecular complexity index is 144. The zero-order valence-electron chi connectivity index (χ0n) is 10.1. The molecule has 0 unspecified atom stereocenters. The lowest BCUT2D eigenvalue weighted by molar-refractivity contribution is 0.145. The van der Waals surface area contributed by atoms with Gasteiger partial charge in [0.05, 0.1) is 13.2 Å². The van der Waals surface area contributed by atoms with Gasteiger partial charge in [-0.05, 0) is 37.8 Å². The highest BCUT2D eigenvalue weighted by Gasteiger charge is 1.97. The Labute approximate surface area is 88.3 Å². The topological polar surface area (TPSA) is 18.5 Å². The minimum absolute atomic E-state index is 0.745. The Morgan fingerprint density at radius 2 is 1.14 bits per heavy atom. The van der Waals surface area contributed by atoms with Crippen LogP contribution in [-0.2, 0) is 9.47 Å². The number of hydrogen-bond donors (Lipinski definition) is 0. The molecule has 0 aliphatic heterocycles. The summed E-state index contributed by atoms with van der Waals surface area (Å²) in [7, 11) is 0. The zero-order valence-corrected chi connectivity index (χ0v) is 10.1. The van der Waals surface area contributed by atoms with Crippen molar-refractivity contribution in [3.05, 3.63) is 11.1 Å². The summed E-state index contributed by atoms with van der Waals surface area (Å²) in [5, 5.41) is 0. The second-order valence-corrected chi connectivity index (χ2v) is 3.67. The van der Waals surface area contributed by atoms with Gasteiger partial charge in [0.15, 0.2) is 0 Å². The summed E-state index contributed by atoms with van der Waals surface area (Å²) in [5.74, 6) is 0. The molecule has 0 saturated heterocycles. The molecule has 0 saturated carbocycles. The lowest BCUT2D eigenvalue weighted by Gasteiger charge is -2.08. The summed E-state index contributed by atoms with van der Waals surface area (Å²) in [6, 6.07) is 0. The summed E-state index contributed by atoms with van der Waals surface area (Å²) in [6.45, 7) is 11.7. The second-order valence-electron chi connectivity index (χ2n) is 3.67. The van der Waals surface area contributed by atoms with E-state index >= 15 is 0 Å². The highest BCUT2D eigenvalue weighted by Crippen LogP contribution is 2.04. The summed E-state index contributed by atoms with van der Waals surface area (Å²) >= 11 is 0. The third-order valence-electron chi connectivity index (χ3n) is 2.06. The molecule has 0 aromatic heterocycles. The third kappa shape index (κ3) is 7.10. The van der Waals surface area contributed by atoms with Crippen molar-refractivity contribution in [3.63, 3.8) is 0 Å². The molecule has 0 aliphatic carbocycles. The number of ether oxygens (including phenoxy) is 2. The maximum absolute atomic E-state index is 5.46. The van der Waals surface area contributed by atoms with Crippen LogP contribution in [0.3, 0.4) is 0 Å². The standard InChI is InChI=1S/C12H24O2/c1-5-7-13-9-11(3)12(4)10-14-8-6-2/h5-10H2,1-4H3. The van der Waals surface area contributed by atoms with E-state index < -0.39 is 0 Å². The smallest absolute Gasteiger partial charge is 0.0677 e. The van der Waals surface area contributed by atoms with Crippen molar-refractivity contribution < 1.29 is 9.47 Å². The van der Waals surface area contributed by atoms with Crippen LogP contribution in [-0.4, -0.2) is 26.4 Å². The average Bonchev–Trinajstić information content (AvgIpc) is 2.18. The molecule has 0 fully saturated rings. The quantitative estimate of drug-likeness (QED) is 0.442. The predicted molar refractivity (Wildman–Crippen MR) is 60.6 cm³/mol. The lowest BCUT2D eigenvalue weighted by atomic mass is 10.2.